The Morgan fingerprint density at radius 2 is 1.79 bits per heavy atom. The first-order valence-corrected chi connectivity index (χ1v) is 11.3. The van der Waals surface area contributed by atoms with E-state index < -0.39 is 0 Å². The van der Waals surface area contributed by atoms with Crippen molar-refractivity contribution in [3.05, 3.63) is 106 Å². The molecule has 0 saturated heterocycles. The lowest BCUT2D eigenvalue weighted by molar-refractivity contribution is -0.123. The highest BCUT2D eigenvalue weighted by Crippen LogP contribution is 2.27. The van der Waals surface area contributed by atoms with E-state index in [2.05, 4.69) is 26.5 Å². The molecule has 0 unspecified atom stereocenters. The van der Waals surface area contributed by atoms with Crippen molar-refractivity contribution in [2.75, 3.05) is 6.61 Å². The van der Waals surface area contributed by atoms with Crippen molar-refractivity contribution in [2.24, 2.45) is 5.10 Å². The summed E-state index contributed by atoms with van der Waals surface area (Å²) >= 11 is 9.33. The van der Waals surface area contributed by atoms with E-state index in [1.165, 1.54) is 0 Å². The van der Waals surface area contributed by atoms with Crippen LogP contribution in [0.4, 0.5) is 0 Å². The van der Waals surface area contributed by atoms with Crippen LogP contribution < -0.4 is 14.9 Å². The van der Waals surface area contributed by atoms with Crippen LogP contribution in [0.1, 0.15) is 11.1 Å². The van der Waals surface area contributed by atoms with Gasteiger partial charge in [0.15, 0.2) is 6.61 Å². The zero-order chi connectivity index (χ0) is 23.0. The summed E-state index contributed by atoms with van der Waals surface area (Å²) in [6, 6.07) is 26.6. The molecule has 33 heavy (non-hydrogen) atoms. The van der Waals surface area contributed by atoms with Gasteiger partial charge in [-0.1, -0.05) is 70.0 Å². The minimum atomic E-state index is -0.377. The summed E-state index contributed by atoms with van der Waals surface area (Å²) in [4.78, 5) is 12.2. The van der Waals surface area contributed by atoms with Crippen LogP contribution >= 0.6 is 27.5 Å². The van der Waals surface area contributed by atoms with Gasteiger partial charge in [0.25, 0.3) is 5.91 Å². The van der Waals surface area contributed by atoms with Gasteiger partial charge in [0.2, 0.25) is 0 Å². The number of fused-ring (bicyclic) bond motifs is 1. The lowest BCUT2D eigenvalue weighted by Gasteiger charge is -2.12. The van der Waals surface area contributed by atoms with Crippen LogP contribution in [0, 0.1) is 0 Å². The molecule has 0 heterocycles. The van der Waals surface area contributed by atoms with Crippen molar-refractivity contribution >= 4 is 50.4 Å². The number of carbonyl (C=O) groups excluding carboxylic acids is 1. The van der Waals surface area contributed by atoms with Crippen molar-refractivity contribution in [2.45, 2.75) is 6.61 Å². The summed E-state index contributed by atoms with van der Waals surface area (Å²) in [7, 11) is 0. The third kappa shape index (κ3) is 6.34. The molecule has 0 aromatic heterocycles. The number of hydrazone groups is 1. The predicted molar refractivity (Wildman–Crippen MR) is 135 cm³/mol. The molecule has 0 spiro atoms. The van der Waals surface area contributed by atoms with Crippen molar-refractivity contribution < 1.29 is 14.3 Å². The van der Waals surface area contributed by atoms with E-state index in [0.717, 1.165) is 26.4 Å². The molecule has 0 radical (unpaired) electrons. The highest BCUT2D eigenvalue weighted by molar-refractivity contribution is 9.10. The average molecular weight is 524 g/mol. The van der Waals surface area contributed by atoms with Gasteiger partial charge in [0.05, 0.1) is 6.21 Å². The molecule has 0 aliphatic carbocycles. The Kier molecular flexibility index (Phi) is 7.60. The molecule has 0 aliphatic heterocycles. The van der Waals surface area contributed by atoms with Gasteiger partial charge in [-0.15, -0.1) is 0 Å². The number of hydrogen-bond acceptors (Lipinski definition) is 4. The van der Waals surface area contributed by atoms with Gasteiger partial charge in [0, 0.05) is 15.1 Å². The molecule has 4 aromatic carbocycles. The molecule has 4 rings (SSSR count). The van der Waals surface area contributed by atoms with Gasteiger partial charge >= 0.3 is 0 Å². The summed E-state index contributed by atoms with van der Waals surface area (Å²) in [6.45, 7) is 0.237. The Balaban J connectivity index is 1.46. The minimum absolute atomic E-state index is 0.166. The lowest BCUT2D eigenvalue weighted by Crippen LogP contribution is -2.24. The monoisotopic (exact) mass is 522 g/mol. The van der Waals surface area contributed by atoms with Gasteiger partial charge in [0.1, 0.15) is 18.1 Å². The third-order valence-electron chi connectivity index (χ3n) is 4.78. The molecule has 7 heteroatoms. The maximum Gasteiger partial charge on any atom is 0.277 e. The van der Waals surface area contributed by atoms with Gasteiger partial charge < -0.3 is 9.47 Å². The molecule has 166 valence electrons. The Hall–Kier alpha value is -3.35. The number of ether oxygens (including phenoxy) is 2. The van der Waals surface area contributed by atoms with Gasteiger partial charge in [-0.25, -0.2) is 5.43 Å². The van der Waals surface area contributed by atoms with E-state index in [9.17, 15) is 4.79 Å². The minimum Gasteiger partial charge on any atom is -0.488 e. The second kappa shape index (κ2) is 11.0. The van der Waals surface area contributed by atoms with E-state index in [4.69, 9.17) is 21.1 Å². The van der Waals surface area contributed by atoms with Crippen molar-refractivity contribution in [3.63, 3.8) is 0 Å². The van der Waals surface area contributed by atoms with Crippen LogP contribution in [0.2, 0.25) is 5.02 Å². The predicted octanol–water partition coefficient (Wildman–Crippen LogP) is 6.36. The van der Waals surface area contributed by atoms with E-state index in [0.29, 0.717) is 23.1 Å². The Morgan fingerprint density at radius 3 is 2.61 bits per heavy atom. The number of carbonyl (C=O) groups is 1. The van der Waals surface area contributed by atoms with E-state index in [-0.39, 0.29) is 12.5 Å². The molecule has 0 saturated carbocycles. The second-order valence-corrected chi connectivity index (χ2v) is 8.50. The maximum absolute atomic E-state index is 12.2. The Bertz CT molecular complexity index is 1290. The average Bonchev–Trinajstić information content (AvgIpc) is 2.83. The van der Waals surface area contributed by atoms with Gasteiger partial charge in [-0.05, 0) is 58.8 Å². The summed E-state index contributed by atoms with van der Waals surface area (Å²) in [5.41, 5.74) is 4.32. The number of rotatable bonds is 8. The number of halogens is 2. The smallest absolute Gasteiger partial charge is 0.277 e. The van der Waals surface area contributed by atoms with E-state index >= 15 is 0 Å². The maximum atomic E-state index is 12.2. The van der Waals surface area contributed by atoms with Crippen LogP contribution in [-0.4, -0.2) is 18.7 Å². The largest absolute Gasteiger partial charge is 0.488 e. The normalized spacial score (nSPS) is 11.0. The summed E-state index contributed by atoms with van der Waals surface area (Å²) < 4.78 is 12.5. The number of nitrogens with zero attached hydrogens (tertiary/aromatic N) is 1. The zero-order valence-electron chi connectivity index (χ0n) is 17.5. The first-order chi connectivity index (χ1) is 16.1. The van der Waals surface area contributed by atoms with Gasteiger partial charge in [-0.3, -0.25) is 4.79 Å². The molecule has 1 amide bonds. The highest BCUT2D eigenvalue weighted by atomic mass is 79.9. The quantitative estimate of drug-likeness (QED) is 0.216. The number of hydrogen-bond donors (Lipinski definition) is 1. The Morgan fingerprint density at radius 1 is 0.970 bits per heavy atom. The second-order valence-electron chi connectivity index (χ2n) is 7.15. The summed E-state index contributed by atoms with van der Waals surface area (Å²) in [5, 5.41) is 6.76. The Labute approximate surface area is 205 Å². The fourth-order valence-electron chi connectivity index (χ4n) is 3.20. The van der Waals surface area contributed by atoms with Crippen LogP contribution in [0.5, 0.6) is 11.5 Å². The van der Waals surface area contributed by atoms with Crippen molar-refractivity contribution in [1.82, 2.24) is 5.43 Å². The molecule has 0 fully saturated rings. The number of nitrogens with one attached hydrogen (secondary N) is 1. The van der Waals surface area contributed by atoms with Crippen LogP contribution in [0.15, 0.2) is 94.5 Å². The van der Waals surface area contributed by atoms with Crippen LogP contribution in [0.25, 0.3) is 10.8 Å². The van der Waals surface area contributed by atoms with E-state index in [1.807, 2.05) is 60.7 Å². The highest BCUT2D eigenvalue weighted by Gasteiger charge is 2.09. The first-order valence-electron chi connectivity index (χ1n) is 10.2. The molecule has 0 aliphatic rings. The SMILES string of the molecule is O=C(COc1ccc(Cl)cc1)N/N=C\c1c(OCc2cccc(Br)c2)ccc2ccccc12. The molecule has 0 bridgehead atoms. The number of benzene rings is 4. The van der Waals surface area contributed by atoms with Crippen LogP contribution in [-0.2, 0) is 11.4 Å². The molecule has 5 nitrogen and oxygen atoms in total. The molecule has 0 atom stereocenters. The molecular weight excluding hydrogens is 504 g/mol. The standard InChI is InChI=1S/C26H20BrClN2O3/c27-20-6-3-4-18(14-20)16-33-25-13-8-19-5-1-2-7-23(19)24(25)15-29-30-26(31)17-32-22-11-9-21(28)10-12-22/h1-15H,16-17H2,(H,30,31)/b29-15-. The molecular formula is C26H20BrClN2O3. The summed E-state index contributed by atoms with van der Waals surface area (Å²) in [5.74, 6) is 0.845. The summed E-state index contributed by atoms with van der Waals surface area (Å²) in [6.07, 6.45) is 1.60. The lowest BCUT2D eigenvalue weighted by atomic mass is 10.0. The molecule has 1 N–H and O–H groups in total. The van der Waals surface area contributed by atoms with Crippen molar-refractivity contribution in [3.8, 4) is 11.5 Å². The molecule has 4 aromatic rings. The first kappa shape index (κ1) is 22.8. The van der Waals surface area contributed by atoms with Crippen molar-refractivity contribution in [1.29, 1.82) is 0 Å². The fraction of sp³-hybridized carbons (Fsp3) is 0.0769. The zero-order valence-corrected chi connectivity index (χ0v) is 19.8. The van der Waals surface area contributed by atoms with Crippen LogP contribution in [0.3, 0.4) is 0 Å². The van der Waals surface area contributed by atoms with Gasteiger partial charge in [-0.2, -0.15) is 5.10 Å². The third-order valence-corrected chi connectivity index (χ3v) is 5.53. The van der Waals surface area contributed by atoms with E-state index in [1.54, 1.807) is 30.5 Å². The fourth-order valence-corrected chi connectivity index (χ4v) is 3.78. The topological polar surface area (TPSA) is 59.9 Å². The number of amides is 1.